The molecule has 2 atom stereocenters. The number of amides is 1. The van der Waals surface area contributed by atoms with Crippen LogP contribution < -0.4 is 9.47 Å². The van der Waals surface area contributed by atoms with Gasteiger partial charge < -0.3 is 19.5 Å². The van der Waals surface area contributed by atoms with Gasteiger partial charge in [0.05, 0.1) is 18.2 Å². The molecule has 37 heavy (non-hydrogen) atoms. The minimum atomic E-state index is -0.725. The first-order chi connectivity index (χ1) is 18.0. The Morgan fingerprint density at radius 3 is 2.65 bits per heavy atom. The molecule has 2 aliphatic rings. The van der Waals surface area contributed by atoms with Crippen molar-refractivity contribution >= 4 is 17.4 Å². The van der Waals surface area contributed by atoms with Crippen LogP contribution in [0.15, 0.2) is 78.4 Å². The number of ketones is 1. The first-order valence-electron chi connectivity index (χ1n) is 12.8. The van der Waals surface area contributed by atoms with Gasteiger partial charge in [-0.3, -0.25) is 9.59 Å². The number of hydrogen-bond acceptors (Lipinski definition) is 5. The Balaban J connectivity index is 1.57. The third kappa shape index (κ3) is 4.96. The number of carbonyl (C=O) groups excluding carboxylic acids is 2. The zero-order chi connectivity index (χ0) is 25.9. The fourth-order valence-electron chi connectivity index (χ4n) is 5.07. The molecular formula is C31H31NO5. The minimum absolute atomic E-state index is 0.0572. The van der Waals surface area contributed by atoms with E-state index in [-0.39, 0.29) is 17.4 Å². The van der Waals surface area contributed by atoms with Crippen molar-refractivity contribution in [3.05, 3.63) is 101 Å². The maximum atomic E-state index is 13.4. The van der Waals surface area contributed by atoms with Crippen LogP contribution >= 0.6 is 0 Å². The lowest BCUT2D eigenvalue weighted by Crippen LogP contribution is -2.31. The molecule has 0 aliphatic carbocycles. The normalized spacial score (nSPS) is 20.1. The molecule has 0 bridgehead atoms. The van der Waals surface area contributed by atoms with Crippen LogP contribution in [0, 0.1) is 0 Å². The maximum Gasteiger partial charge on any atom is 0.295 e. The van der Waals surface area contributed by atoms with Gasteiger partial charge >= 0.3 is 0 Å². The van der Waals surface area contributed by atoms with E-state index >= 15 is 0 Å². The molecule has 1 fully saturated rings. The van der Waals surface area contributed by atoms with Crippen LogP contribution in [0.25, 0.3) is 5.76 Å². The number of hydrogen-bond donors (Lipinski definition) is 1. The molecule has 6 heteroatoms. The van der Waals surface area contributed by atoms with E-state index in [0.29, 0.717) is 30.9 Å². The van der Waals surface area contributed by atoms with Gasteiger partial charge in [-0.2, -0.15) is 0 Å². The molecule has 190 valence electrons. The van der Waals surface area contributed by atoms with Crippen molar-refractivity contribution in [1.82, 2.24) is 4.90 Å². The van der Waals surface area contributed by atoms with Gasteiger partial charge in [0.25, 0.3) is 11.7 Å². The van der Waals surface area contributed by atoms with E-state index in [1.165, 1.54) is 0 Å². The summed E-state index contributed by atoms with van der Waals surface area (Å²) in [6.07, 6.45) is 2.23. The molecular weight excluding hydrogens is 466 g/mol. The molecule has 2 aliphatic heterocycles. The summed E-state index contributed by atoms with van der Waals surface area (Å²) < 4.78 is 11.6. The van der Waals surface area contributed by atoms with Crippen molar-refractivity contribution in [3.63, 3.8) is 0 Å². The van der Waals surface area contributed by atoms with Gasteiger partial charge in [-0.15, -0.1) is 0 Å². The van der Waals surface area contributed by atoms with Crippen molar-refractivity contribution in [2.75, 3.05) is 13.2 Å². The number of aliphatic hydroxyl groups is 1. The minimum Gasteiger partial charge on any atom is -0.507 e. The summed E-state index contributed by atoms with van der Waals surface area (Å²) in [6, 6.07) is 22.0. The second-order valence-corrected chi connectivity index (χ2v) is 9.60. The van der Waals surface area contributed by atoms with Gasteiger partial charge in [-0.05, 0) is 66.8 Å². The fraction of sp³-hybridized carbons (Fsp3) is 0.290. The Morgan fingerprint density at radius 1 is 1.05 bits per heavy atom. The summed E-state index contributed by atoms with van der Waals surface area (Å²) in [6.45, 7) is 4.93. The van der Waals surface area contributed by atoms with Gasteiger partial charge in [0.2, 0.25) is 0 Å². The average Bonchev–Trinajstić information content (AvgIpc) is 3.41. The van der Waals surface area contributed by atoms with Gasteiger partial charge in [-0.1, -0.05) is 49.4 Å². The number of fused-ring (bicyclic) bond motifs is 1. The number of benzene rings is 3. The Morgan fingerprint density at radius 2 is 1.86 bits per heavy atom. The zero-order valence-corrected chi connectivity index (χ0v) is 21.1. The second kappa shape index (κ2) is 10.5. The standard InChI is InChI=1S/C31H31NO5/c1-3-16-36-25-11-7-10-22(19-25)28-27(29(33)23-12-13-26-24(18-23)17-20(2)37-26)30(34)31(35)32(28)15-14-21-8-5-4-6-9-21/h4-13,18-20,28,33H,3,14-17H2,1-2H3/b29-27+/t20-,28+/m1/s1. The first kappa shape index (κ1) is 24.6. The fourth-order valence-corrected chi connectivity index (χ4v) is 5.07. The molecule has 3 aromatic rings. The quantitative estimate of drug-likeness (QED) is 0.254. The summed E-state index contributed by atoms with van der Waals surface area (Å²) in [4.78, 5) is 28.3. The summed E-state index contributed by atoms with van der Waals surface area (Å²) in [7, 11) is 0. The van der Waals surface area contributed by atoms with Gasteiger partial charge in [0.1, 0.15) is 23.4 Å². The predicted molar refractivity (Wildman–Crippen MR) is 142 cm³/mol. The number of Topliss-reactive ketones (excluding diaryl/α,β-unsaturated/α-hetero) is 1. The lowest BCUT2D eigenvalue weighted by molar-refractivity contribution is -0.139. The molecule has 2 heterocycles. The second-order valence-electron chi connectivity index (χ2n) is 9.60. The molecule has 1 N–H and O–H groups in total. The topological polar surface area (TPSA) is 76.1 Å². The highest BCUT2D eigenvalue weighted by Gasteiger charge is 2.46. The van der Waals surface area contributed by atoms with E-state index in [9.17, 15) is 14.7 Å². The Bertz CT molecular complexity index is 1350. The van der Waals surface area contributed by atoms with Crippen LogP contribution in [0.1, 0.15) is 48.6 Å². The van der Waals surface area contributed by atoms with Gasteiger partial charge in [0, 0.05) is 18.5 Å². The highest BCUT2D eigenvalue weighted by molar-refractivity contribution is 6.46. The summed E-state index contributed by atoms with van der Waals surface area (Å²) in [5, 5.41) is 11.5. The van der Waals surface area contributed by atoms with E-state index < -0.39 is 17.7 Å². The Labute approximate surface area is 217 Å². The summed E-state index contributed by atoms with van der Waals surface area (Å²) >= 11 is 0. The van der Waals surface area contributed by atoms with Crippen molar-refractivity contribution < 1.29 is 24.2 Å². The van der Waals surface area contributed by atoms with Crippen LogP contribution in [-0.4, -0.2) is 41.0 Å². The van der Waals surface area contributed by atoms with Crippen molar-refractivity contribution in [3.8, 4) is 11.5 Å². The number of likely N-dealkylation sites (tertiary alicyclic amines) is 1. The van der Waals surface area contributed by atoms with Crippen LogP contribution in [-0.2, 0) is 22.4 Å². The van der Waals surface area contributed by atoms with Crippen LogP contribution in [0.4, 0.5) is 0 Å². The Hall–Kier alpha value is -4.06. The van der Waals surface area contributed by atoms with Crippen LogP contribution in [0.2, 0.25) is 0 Å². The van der Waals surface area contributed by atoms with Crippen molar-refractivity contribution in [2.24, 2.45) is 0 Å². The lowest BCUT2D eigenvalue weighted by Gasteiger charge is -2.26. The van der Waals surface area contributed by atoms with E-state index in [1.54, 1.807) is 11.0 Å². The average molecular weight is 498 g/mol. The molecule has 0 saturated carbocycles. The molecule has 0 spiro atoms. The molecule has 1 saturated heterocycles. The third-order valence-corrected chi connectivity index (χ3v) is 6.84. The number of carbonyl (C=O) groups is 2. The third-order valence-electron chi connectivity index (χ3n) is 6.84. The number of ether oxygens (including phenoxy) is 2. The zero-order valence-electron chi connectivity index (χ0n) is 21.1. The number of nitrogens with zero attached hydrogens (tertiary/aromatic N) is 1. The van der Waals surface area contributed by atoms with Crippen LogP contribution in [0.3, 0.4) is 0 Å². The Kier molecular flexibility index (Phi) is 6.99. The summed E-state index contributed by atoms with van der Waals surface area (Å²) in [5.41, 5.74) is 3.36. The molecule has 6 nitrogen and oxygen atoms in total. The first-order valence-corrected chi connectivity index (χ1v) is 12.8. The molecule has 1 amide bonds. The van der Waals surface area contributed by atoms with E-state index in [2.05, 4.69) is 0 Å². The smallest absolute Gasteiger partial charge is 0.295 e. The van der Waals surface area contributed by atoms with E-state index in [4.69, 9.17) is 9.47 Å². The van der Waals surface area contributed by atoms with E-state index in [0.717, 1.165) is 35.3 Å². The maximum absolute atomic E-state index is 13.4. The lowest BCUT2D eigenvalue weighted by atomic mass is 9.94. The largest absolute Gasteiger partial charge is 0.507 e. The number of aliphatic hydroxyl groups excluding tert-OH is 1. The SMILES string of the molecule is CCCOc1cccc([C@H]2/C(=C(\O)c3ccc4c(c3)C[C@@H](C)O4)C(=O)C(=O)N2CCc2ccccc2)c1. The molecule has 0 radical (unpaired) electrons. The highest BCUT2D eigenvalue weighted by Crippen LogP contribution is 2.41. The highest BCUT2D eigenvalue weighted by atomic mass is 16.5. The van der Waals surface area contributed by atoms with Gasteiger partial charge in [0.15, 0.2) is 0 Å². The monoisotopic (exact) mass is 497 g/mol. The van der Waals surface area contributed by atoms with Gasteiger partial charge in [-0.25, -0.2) is 0 Å². The van der Waals surface area contributed by atoms with Crippen molar-refractivity contribution in [1.29, 1.82) is 0 Å². The van der Waals surface area contributed by atoms with Crippen molar-refractivity contribution in [2.45, 2.75) is 45.3 Å². The summed E-state index contributed by atoms with van der Waals surface area (Å²) in [5.74, 6) is -0.0184. The predicted octanol–water partition coefficient (Wildman–Crippen LogP) is 5.46. The molecule has 0 aromatic heterocycles. The molecule has 0 unspecified atom stereocenters. The van der Waals surface area contributed by atoms with Crippen LogP contribution in [0.5, 0.6) is 11.5 Å². The molecule has 5 rings (SSSR count). The number of rotatable bonds is 8. The molecule has 3 aromatic carbocycles. The van der Waals surface area contributed by atoms with E-state index in [1.807, 2.05) is 80.6 Å².